The van der Waals surface area contributed by atoms with Crippen LogP contribution in [-0.4, -0.2) is 16.6 Å². The third kappa shape index (κ3) is 3.38. The molecular weight excluding hydrogens is 184 g/mol. The molecule has 0 unspecified atom stereocenters. The van der Waals surface area contributed by atoms with Crippen LogP contribution in [0.1, 0.15) is 12.6 Å². The zero-order valence-electron chi connectivity index (χ0n) is 7.49. The van der Waals surface area contributed by atoms with Gasteiger partial charge in [0, 0.05) is 18.7 Å². The second kappa shape index (κ2) is 4.77. The minimum absolute atomic E-state index is 0.446. The Balaban J connectivity index is 2.73. The van der Waals surface area contributed by atoms with Gasteiger partial charge in [0.1, 0.15) is 5.75 Å². The van der Waals surface area contributed by atoms with Crippen molar-refractivity contribution in [3.63, 3.8) is 0 Å². The van der Waals surface area contributed by atoms with E-state index in [1.54, 1.807) is 6.20 Å². The number of hydrogen-bond acceptors (Lipinski definition) is 3. The number of pyridine rings is 1. The Hall–Kier alpha value is -1.16. The van der Waals surface area contributed by atoms with Crippen molar-refractivity contribution in [3.8, 4) is 5.75 Å². The predicted molar refractivity (Wildman–Crippen MR) is 55.9 cm³/mol. The van der Waals surface area contributed by atoms with Gasteiger partial charge < -0.3 is 10.5 Å². The smallest absolute Gasteiger partial charge is 0.122 e. The van der Waals surface area contributed by atoms with Crippen molar-refractivity contribution in [2.24, 2.45) is 5.73 Å². The van der Waals surface area contributed by atoms with Crippen molar-refractivity contribution in [2.45, 2.75) is 13.3 Å². The minimum Gasteiger partial charge on any atom is -0.494 e. The monoisotopic (exact) mass is 196 g/mol. The number of ether oxygens (including phenoxy) is 1. The zero-order chi connectivity index (χ0) is 9.68. The quantitative estimate of drug-likeness (QED) is 0.738. The maximum atomic E-state index is 5.40. The van der Waals surface area contributed by atoms with Crippen molar-refractivity contribution in [2.75, 3.05) is 6.61 Å². The molecule has 70 valence electrons. The van der Waals surface area contributed by atoms with Crippen LogP contribution >= 0.6 is 12.2 Å². The molecular formula is C9H12N2OS. The van der Waals surface area contributed by atoms with E-state index >= 15 is 0 Å². The summed E-state index contributed by atoms with van der Waals surface area (Å²) in [6.07, 6.45) is 2.22. The second-order valence-corrected chi connectivity index (χ2v) is 3.08. The lowest BCUT2D eigenvalue weighted by Crippen LogP contribution is -2.12. The summed E-state index contributed by atoms with van der Waals surface area (Å²) in [6, 6.07) is 3.66. The summed E-state index contributed by atoms with van der Waals surface area (Å²) in [5, 5.41) is 0. The molecule has 0 fully saturated rings. The Morgan fingerprint density at radius 3 is 3.08 bits per heavy atom. The SMILES string of the molecule is CCOc1ccnc(CC(N)=S)c1. The van der Waals surface area contributed by atoms with Gasteiger partial charge in [0.2, 0.25) is 0 Å². The lowest BCUT2D eigenvalue weighted by atomic mass is 10.2. The van der Waals surface area contributed by atoms with Gasteiger partial charge in [-0.25, -0.2) is 0 Å². The topological polar surface area (TPSA) is 48.1 Å². The molecule has 0 aliphatic carbocycles. The summed E-state index contributed by atoms with van der Waals surface area (Å²) >= 11 is 4.78. The average Bonchev–Trinajstić information content (AvgIpc) is 2.04. The molecule has 1 heterocycles. The van der Waals surface area contributed by atoms with Crippen molar-refractivity contribution in [1.82, 2.24) is 4.98 Å². The molecule has 0 saturated carbocycles. The number of nitrogens with zero attached hydrogens (tertiary/aromatic N) is 1. The van der Waals surface area contributed by atoms with Crippen LogP contribution in [0.15, 0.2) is 18.3 Å². The Morgan fingerprint density at radius 2 is 2.46 bits per heavy atom. The van der Waals surface area contributed by atoms with Crippen molar-refractivity contribution < 1.29 is 4.74 Å². The maximum absolute atomic E-state index is 5.40. The Morgan fingerprint density at radius 1 is 1.69 bits per heavy atom. The summed E-state index contributed by atoms with van der Waals surface area (Å²) in [6.45, 7) is 2.59. The normalized spacial score (nSPS) is 9.62. The van der Waals surface area contributed by atoms with Crippen LogP contribution in [0.2, 0.25) is 0 Å². The fourth-order valence-corrected chi connectivity index (χ4v) is 1.14. The van der Waals surface area contributed by atoms with Crippen LogP contribution in [0.3, 0.4) is 0 Å². The van der Waals surface area contributed by atoms with Gasteiger partial charge in [-0.2, -0.15) is 0 Å². The molecule has 1 aromatic rings. The van der Waals surface area contributed by atoms with Crippen molar-refractivity contribution in [3.05, 3.63) is 24.0 Å². The summed E-state index contributed by atoms with van der Waals surface area (Å²) < 4.78 is 5.30. The largest absolute Gasteiger partial charge is 0.494 e. The molecule has 13 heavy (non-hydrogen) atoms. The Kier molecular flexibility index (Phi) is 3.64. The summed E-state index contributed by atoms with van der Waals surface area (Å²) in [7, 11) is 0. The van der Waals surface area contributed by atoms with E-state index in [4.69, 9.17) is 22.7 Å². The Labute approximate surface area is 82.9 Å². The molecule has 0 radical (unpaired) electrons. The van der Waals surface area contributed by atoms with Crippen molar-refractivity contribution in [1.29, 1.82) is 0 Å². The van der Waals surface area contributed by atoms with E-state index in [-0.39, 0.29) is 0 Å². The number of nitrogens with two attached hydrogens (primary N) is 1. The highest BCUT2D eigenvalue weighted by molar-refractivity contribution is 7.80. The van der Waals surface area contributed by atoms with Gasteiger partial charge >= 0.3 is 0 Å². The highest BCUT2D eigenvalue weighted by Crippen LogP contribution is 2.10. The first kappa shape index (κ1) is 9.92. The van der Waals surface area contributed by atoms with E-state index in [0.29, 0.717) is 18.0 Å². The van der Waals surface area contributed by atoms with Gasteiger partial charge in [0.15, 0.2) is 0 Å². The van der Waals surface area contributed by atoms with Gasteiger partial charge in [0.05, 0.1) is 17.3 Å². The standard InChI is InChI=1S/C9H12N2OS/c1-2-12-8-3-4-11-7(5-8)6-9(10)13/h3-5H,2,6H2,1H3,(H2,10,13). The van der Waals surface area contributed by atoms with Crippen LogP contribution in [0, 0.1) is 0 Å². The van der Waals surface area contributed by atoms with E-state index in [1.165, 1.54) is 0 Å². The second-order valence-electron chi connectivity index (χ2n) is 2.56. The molecule has 2 N–H and O–H groups in total. The van der Waals surface area contributed by atoms with Gasteiger partial charge in [-0.05, 0) is 13.0 Å². The summed E-state index contributed by atoms with van der Waals surface area (Å²) in [5.41, 5.74) is 6.24. The molecule has 0 bridgehead atoms. The number of rotatable bonds is 4. The molecule has 0 aromatic carbocycles. The van der Waals surface area contributed by atoms with Crippen LogP contribution in [0.5, 0.6) is 5.75 Å². The molecule has 3 nitrogen and oxygen atoms in total. The molecule has 1 rings (SSSR count). The molecule has 1 aromatic heterocycles. The molecule has 0 atom stereocenters. The number of aromatic nitrogens is 1. The van der Waals surface area contributed by atoms with E-state index in [2.05, 4.69) is 4.98 Å². The molecule has 4 heteroatoms. The van der Waals surface area contributed by atoms with Gasteiger partial charge in [-0.3, -0.25) is 4.98 Å². The number of thiocarbonyl (C=S) groups is 1. The van der Waals surface area contributed by atoms with Gasteiger partial charge in [0.25, 0.3) is 0 Å². The number of hydrogen-bond donors (Lipinski definition) is 1. The lowest BCUT2D eigenvalue weighted by molar-refractivity contribution is 0.339. The lowest BCUT2D eigenvalue weighted by Gasteiger charge is -2.04. The fraction of sp³-hybridized carbons (Fsp3) is 0.333. The van der Waals surface area contributed by atoms with Crippen LogP contribution in [0.4, 0.5) is 0 Å². The van der Waals surface area contributed by atoms with Crippen LogP contribution < -0.4 is 10.5 Å². The molecule has 0 aliphatic rings. The highest BCUT2D eigenvalue weighted by Gasteiger charge is 1.98. The molecule has 0 saturated heterocycles. The van der Waals surface area contributed by atoms with E-state index in [9.17, 15) is 0 Å². The van der Waals surface area contributed by atoms with Crippen LogP contribution in [0.25, 0.3) is 0 Å². The summed E-state index contributed by atoms with van der Waals surface area (Å²) in [4.78, 5) is 4.56. The molecule has 0 spiro atoms. The fourth-order valence-electron chi connectivity index (χ4n) is 0.988. The third-order valence-electron chi connectivity index (χ3n) is 1.45. The highest BCUT2D eigenvalue weighted by atomic mass is 32.1. The average molecular weight is 196 g/mol. The minimum atomic E-state index is 0.446. The molecule has 0 aliphatic heterocycles. The van der Waals surface area contributed by atoms with Gasteiger partial charge in [-0.15, -0.1) is 0 Å². The predicted octanol–water partition coefficient (Wildman–Crippen LogP) is 1.31. The third-order valence-corrected chi connectivity index (χ3v) is 1.60. The maximum Gasteiger partial charge on any atom is 0.122 e. The Bertz CT molecular complexity index is 301. The zero-order valence-corrected chi connectivity index (χ0v) is 8.30. The first-order valence-corrected chi connectivity index (χ1v) is 4.49. The van der Waals surface area contributed by atoms with Crippen LogP contribution in [-0.2, 0) is 6.42 Å². The first-order chi connectivity index (χ1) is 6.22. The molecule has 0 amide bonds. The summed E-state index contributed by atoms with van der Waals surface area (Å²) in [5.74, 6) is 0.809. The van der Waals surface area contributed by atoms with Gasteiger partial charge in [-0.1, -0.05) is 12.2 Å². The first-order valence-electron chi connectivity index (χ1n) is 4.08. The van der Waals surface area contributed by atoms with E-state index in [0.717, 1.165) is 11.4 Å². The van der Waals surface area contributed by atoms with Crippen molar-refractivity contribution >= 4 is 17.2 Å². The van der Waals surface area contributed by atoms with E-state index < -0.39 is 0 Å². The van der Waals surface area contributed by atoms with E-state index in [1.807, 2.05) is 19.1 Å².